The number of nitrogens with one attached hydrogen (secondary N) is 1. The van der Waals surface area contributed by atoms with Crippen molar-refractivity contribution in [1.82, 2.24) is 9.62 Å². The number of aliphatic imine (C=N–C) groups is 1. The number of halogens is 3. The van der Waals surface area contributed by atoms with Crippen molar-refractivity contribution in [2.45, 2.75) is 30.3 Å². The lowest BCUT2D eigenvalue weighted by Gasteiger charge is -2.26. The van der Waals surface area contributed by atoms with Gasteiger partial charge in [0, 0.05) is 18.7 Å². The van der Waals surface area contributed by atoms with E-state index in [1.54, 1.807) is 0 Å². The van der Waals surface area contributed by atoms with Crippen LogP contribution in [0.5, 0.6) is 11.5 Å². The van der Waals surface area contributed by atoms with Gasteiger partial charge in [0.05, 0.1) is 10.5 Å². The van der Waals surface area contributed by atoms with Gasteiger partial charge >= 0.3 is 6.18 Å². The highest BCUT2D eigenvalue weighted by atomic mass is 32.2. The van der Waals surface area contributed by atoms with Crippen molar-refractivity contribution in [2.75, 3.05) is 26.2 Å². The number of sulfonamides is 1. The van der Waals surface area contributed by atoms with E-state index in [4.69, 9.17) is 16.2 Å². The molecule has 13 heteroatoms. The highest BCUT2D eigenvalue weighted by molar-refractivity contribution is 7.89. The summed E-state index contributed by atoms with van der Waals surface area (Å²) >= 11 is 0. The number of carbonyl (C=O) groups excluding carboxylic acids is 1. The number of likely N-dealkylation sites (tertiary alicyclic amines) is 1. The van der Waals surface area contributed by atoms with E-state index in [0.29, 0.717) is 12.6 Å². The first-order valence-electron chi connectivity index (χ1n) is 10.8. The Bertz CT molecular complexity index is 1170. The zero-order valence-electron chi connectivity index (χ0n) is 18.7. The minimum Gasteiger partial charge on any atom is -0.457 e. The molecule has 1 saturated heterocycles. The van der Waals surface area contributed by atoms with Gasteiger partial charge in [0.15, 0.2) is 5.96 Å². The highest BCUT2D eigenvalue weighted by Gasteiger charge is 2.35. The van der Waals surface area contributed by atoms with Crippen molar-refractivity contribution < 1.29 is 31.1 Å². The number of nitrogens with two attached hydrogens (primary N) is 2. The molecule has 1 fully saturated rings. The molecule has 2 aromatic rings. The summed E-state index contributed by atoms with van der Waals surface area (Å²) in [6, 6.07) is 7.60. The molecular weight excluding hydrogens is 487 g/mol. The van der Waals surface area contributed by atoms with Crippen LogP contribution in [0.4, 0.5) is 13.2 Å². The van der Waals surface area contributed by atoms with Crippen LogP contribution < -0.4 is 20.9 Å². The lowest BCUT2D eigenvalue weighted by molar-refractivity contribution is -0.138. The third-order valence-electron chi connectivity index (χ3n) is 5.29. The Balaban J connectivity index is 1.71. The molecule has 9 nitrogen and oxygen atoms in total. The number of piperidine rings is 1. The van der Waals surface area contributed by atoms with E-state index in [1.807, 2.05) is 0 Å². The van der Waals surface area contributed by atoms with E-state index in [9.17, 15) is 26.4 Å². The van der Waals surface area contributed by atoms with Crippen LogP contribution in [0, 0.1) is 0 Å². The number of carbonyl (C=O) groups is 1. The van der Waals surface area contributed by atoms with E-state index in [0.717, 1.165) is 38.1 Å². The predicted molar refractivity (Wildman–Crippen MR) is 124 cm³/mol. The standard InChI is InChI=1S/C22H26F3N5O4S/c23-22(24,25)18-14-15(20(31)29-21(26)27)4-9-19(18)34-16-5-7-17(8-6-16)35(32,33)28-10-13-30-11-2-1-3-12-30/h4-9,14,28H,1-3,10-13H2,(H4,26,27,29,31). The van der Waals surface area contributed by atoms with Crippen molar-refractivity contribution in [2.24, 2.45) is 16.5 Å². The molecule has 0 aromatic heterocycles. The molecule has 35 heavy (non-hydrogen) atoms. The number of benzene rings is 2. The molecule has 2 aromatic carbocycles. The number of rotatable bonds is 8. The lowest BCUT2D eigenvalue weighted by Crippen LogP contribution is -2.37. The SMILES string of the molecule is NC(N)=NC(=O)c1ccc(Oc2ccc(S(=O)(=O)NCCN3CCCCC3)cc2)c(C(F)(F)F)c1. The van der Waals surface area contributed by atoms with Gasteiger partial charge in [0.25, 0.3) is 5.91 Å². The summed E-state index contributed by atoms with van der Waals surface area (Å²) in [6.45, 7) is 2.73. The normalized spacial score (nSPS) is 14.9. The third-order valence-corrected chi connectivity index (χ3v) is 6.77. The molecular formula is C22H26F3N5O4S. The van der Waals surface area contributed by atoms with E-state index >= 15 is 0 Å². The first kappa shape index (κ1) is 26.4. The number of alkyl halides is 3. The maximum Gasteiger partial charge on any atom is 0.420 e. The van der Waals surface area contributed by atoms with Crippen molar-refractivity contribution in [1.29, 1.82) is 0 Å². The van der Waals surface area contributed by atoms with Crippen LogP contribution in [0.25, 0.3) is 0 Å². The Kier molecular flexibility index (Phi) is 8.35. The van der Waals surface area contributed by atoms with Crippen LogP contribution in [-0.2, 0) is 16.2 Å². The predicted octanol–water partition coefficient (Wildman–Crippen LogP) is 2.68. The minimum atomic E-state index is -4.84. The average molecular weight is 514 g/mol. The number of hydrogen-bond acceptors (Lipinski definition) is 5. The van der Waals surface area contributed by atoms with Crippen LogP contribution in [0.3, 0.4) is 0 Å². The Morgan fingerprint density at radius 3 is 2.31 bits per heavy atom. The van der Waals surface area contributed by atoms with Gasteiger partial charge < -0.3 is 21.1 Å². The van der Waals surface area contributed by atoms with Crippen molar-refractivity contribution in [3.05, 3.63) is 53.6 Å². The number of ether oxygens (including phenoxy) is 1. The Hall–Kier alpha value is -3.16. The summed E-state index contributed by atoms with van der Waals surface area (Å²) in [5.74, 6) is -2.22. The van der Waals surface area contributed by atoms with Gasteiger partial charge in [-0.15, -0.1) is 0 Å². The molecule has 5 N–H and O–H groups in total. The van der Waals surface area contributed by atoms with Crippen molar-refractivity contribution in [3.8, 4) is 11.5 Å². The molecule has 1 heterocycles. The van der Waals surface area contributed by atoms with Crippen LogP contribution in [0.15, 0.2) is 52.4 Å². The summed E-state index contributed by atoms with van der Waals surface area (Å²) in [7, 11) is -3.79. The summed E-state index contributed by atoms with van der Waals surface area (Å²) < 4.78 is 73.6. The Labute approximate surface area is 201 Å². The van der Waals surface area contributed by atoms with Crippen LogP contribution >= 0.6 is 0 Å². The van der Waals surface area contributed by atoms with Gasteiger partial charge in [0.1, 0.15) is 11.5 Å². The van der Waals surface area contributed by atoms with Crippen LogP contribution in [-0.4, -0.2) is 51.4 Å². The third kappa shape index (κ3) is 7.41. The van der Waals surface area contributed by atoms with Gasteiger partial charge in [-0.05, 0) is 68.4 Å². The van der Waals surface area contributed by atoms with E-state index in [2.05, 4.69) is 14.6 Å². The maximum atomic E-state index is 13.6. The largest absolute Gasteiger partial charge is 0.457 e. The van der Waals surface area contributed by atoms with Gasteiger partial charge in [-0.3, -0.25) is 4.79 Å². The molecule has 0 spiro atoms. The number of amides is 1. The van der Waals surface area contributed by atoms with Gasteiger partial charge in [0.2, 0.25) is 10.0 Å². The Morgan fingerprint density at radius 2 is 1.71 bits per heavy atom. The number of guanidine groups is 1. The smallest absolute Gasteiger partial charge is 0.420 e. The number of nitrogens with zero attached hydrogens (tertiary/aromatic N) is 2. The molecule has 0 aliphatic carbocycles. The molecule has 1 aliphatic heterocycles. The minimum absolute atomic E-state index is 0.0222. The Morgan fingerprint density at radius 1 is 1.06 bits per heavy atom. The second kappa shape index (κ2) is 11.1. The summed E-state index contributed by atoms with van der Waals surface area (Å²) in [5, 5.41) is 0. The molecule has 0 atom stereocenters. The molecule has 1 amide bonds. The van der Waals surface area contributed by atoms with Crippen molar-refractivity contribution in [3.63, 3.8) is 0 Å². The molecule has 0 saturated carbocycles. The van der Waals surface area contributed by atoms with Gasteiger partial charge in [-0.25, -0.2) is 13.1 Å². The fourth-order valence-electron chi connectivity index (χ4n) is 3.57. The lowest BCUT2D eigenvalue weighted by atomic mass is 10.1. The molecule has 0 bridgehead atoms. The van der Waals surface area contributed by atoms with E-state index in [-0.39, 0.29) is 22.8 Å². The second-order valence-corrected chi connectivity index (χ2v) is 9.69. The summed E-state index contributed by atoms with van der Waals surface area (Å²) in [5.41, 5.74) is 8.60. The van der Waals surface area contributed by atoms with Gasteiger partial charge in [-0.2, -0.15) is 18.2 Å². The molecule has 0 unspecified atom stereocenters. The maximum absolute atomic E-state index is 13.6. The molecule has 1 aliphatic rings. The van der Waals surface area contributed by atoms with E-state index < -0.39 is 39.4 Å². The highest BCUT2D eigenvalue weighted by Crippen LogP contribution is 2.39. The topological polar surface area (TPSA) is 140 Å². The molecule has 3 rings (SSSR count). The van der Waals surface area contributed by atoms with Crippen molar-refractivity contribution >= 4 is 21.9 Å². The van der Waals surface area contributed by atoms with E-state index in [1.165, 1.54) is 30.7 Å². The zero-order chi connectivity index (χ0) is 25.6. The fourth-order valence-corrected chi connectivity index (χ4v) is 4.59. The fraction of sp³-hybridized carbons (Fsp3) is 0.364. The van der Waals surface area contributed by atoms with Crippen LogP contribution in [0.1, 0.15) is 35.2 Å². The first-order valence-corrected chi connectivity index (χ1v) is 12.3. The first-order chi connectivity index (χ1) is 16.5. The molecule has 0 radical (unpaired) electrons. The average Bonchev–Trinajstić information content (AvgIpc) is 2.79. The zero-order valence-corrected chi connectivity index (χ0v) is 19.5. The van der Waals surface area contributed by atoms with Gasteiger partial charge in [-0.1, -0.05) is 6.42 Å². The quantitative estimate of drug-likeness (QED) is 0.364. The summed E-state index contributed by atoms with van der Waals surface area (Å²) in [4.78, 5) is 17.3. The summed E-state index contributed by atoms with van der Waals surface area (Å²) in [6.07, 6.45) is -1.47. The second-order valence-electron chi connectivity index (χ2n) is 7.92. The van der Waals surface area contributed by atoms with Crippen LogP contribution in [0.2, 0.25) is 0 Å². The molecule has 190 valence electrons. The monoisotopic (exact) mass is 513 g/mol. The number of hydrogen-bond donors (Lipinski definition) is 3.